The van der Waals surface area contributed by atoms with Crippen LogP contribution in [0.5, 0.6) is 0 Å². The van der Waals surface area contributed by atoms with Crippen LogP contribution >= 0.6 is 11.6 Å². The van der Waals surface area contributed by atoms with Gasteiger partial charge in [-0.25, -0.2) is 0 Å². The third-order valence-electron chi connectivity index (χ3n) is 3.05. The van der Waals surface area contributed by atoms with Gasteiger partial charge in [0, 0.05) is 36.4 Å². The molecular formula is C13H19ClN2O. The summed E-state index contributed by atoms with van der Waals surface area (Å²) in [7, 11) is 0. The summed E-state index contributed by atoms with van der Waals surface area (Å²) in [6, 6.07) is 8.12. The second-order valence-electron chi connectivity index (χ2n) is 5.14. The van der Waals surface area contributed by atoms with Crippen molar-refractivity contribution in [3.63, 3.8) is 0 Å². The van der Waals surface area contributed by atoms with Crippen molar-refractivity contribution in [2.75, 3.05) is 24.5 Å². The highest BCUT2D eigenvalue weighted by atomic mass is 35.5. The Morgan fingerprint density at radius 1 is 1.41 bits per heavy atom. The van der Waals surface area contributed by atoms with Gasteiger partial charge in [-0.2, -0.15) is 0 Å². The molecule has 1 heterocycles. The maximum Gasteiger partial charge on any atom is 0.0917 e. The molecule has 0 aliphatic carbocycles. The molecule has 1 aliphatic rings. The van der Waals surface area contributed by atoms with Crippen LogP contribution in [0.25, 0.3) is 0 Å². The summed E-state index contributed by atoms with van der Waals surface area (Å²) < 4.78 is 0. The molecule has 0 amide bonds. The molecule has 0 spiro atoms. The number of nitrogens with zero attached hydrogens (tertiary/aromatic N) is 1. The minimum Gasteiger partial charge on any atom is -0.387 e. The number of hydrogen-bond donors (Lipinski definition) is 2. The number of rotatable bonds is 1. The van der Waals surface area contributed by atoms with E-state index < -0.39 is 5.60 Å². The van der Waals surface area contributed by atoms with E-state index in [2.05, 4.69) is 17.1 Å². The molecule has 0 saturated carbocycles. The van der Waals surface area contributed by atoms with Crippen LogP contribution in [0.3, 0.4) is 0 Å². The third-order valence-corrected chi connectivity index (χ3v) is 3.30. The molecule has 1 aromatic rings. The summed E-state index contributed by atoms with van der Waals surface area (Å²) in [6.07, 6.45) is 0. The van der Waals surface area contributed by atoms with Crippen molar-refractivity contribution in [2.24, 2.45) is 0 Å². The highest BCUT2D eigenvalue weighted by Gasteiger charge is 2.28. The average molecular weight is 255 g/mol. The van der Waals surface area contributed by atoms with E-state index in [1.807, 2.05) is 31.2 Å². The van der Waals surface area contributed by atoms with Crippen molar-refractivity contribution in [3.05, 3.63) is 29.3 Å². The van der Waals surface area contributed by atoms with Crippen LogP contribution in [-0.2, 0) is 0 Å². The number of hydrogen-bond acceptors (Lipinski definition) is 3. The Kier molecular flexibility index (Phi) is 3.61. The van der Waals surface area contributed by atoms with Gasteiger partial charge in [0.05, 0.1) is 5.60 Å². The monoisotopic (exact) mass is 254 g/mol. The number of halogens is 1. The lowest BCUT2D eigenvalue weighted by molar-refractivity contribution is 0.0718. The molecule has 2 unspecified atom stereocenters. The first kappa shape index (κ1) is 12.7. The molecular weight excluding hydrogens is 236 g/mol. The van der Waals surface area contributed by atoms with Crippen LogP contribution in [0.15, 0.2) is 24.3 Å². The van der Waals surface area contributed by atoms with E-state index in [9.17, 15) is 5.11 Å². The van der Waals surface area contributed by atoms with E-state index in [-0.39, 0.29) is 0 Å². The van der Waals surface area contributed by atoms with E-state index in [4.69, 9.17) is 11.6 Å². The van der Waals surface area contributed by atoms with Crippen molar-refractivity contribution < 1.29 is 5.11 Å². The summed E-state index contributed by atoms with van der Waals surface area (Å²) >= 11 is 5.89. The van der Waals surface area contributed by atoms with Gasteiger partial charge in [0.1, 0.15) is 0 Å². The topological polar surface area (TPSA) is 35.5 Å². The zero-order valence-electron chi connectivity index (χ0n) is 10.3. The molecule has 1 saturated heterocycles. The van der Waals surface area contributed by atoms with Crippen LogP contribution in [0.2, 0.25) is 5.02 Å². The standard InChI is InChI=1S/C13H19ClN2O/c1-10-7-16(9-13(2,17)8-15-10)12-5-3-11(14)4-6-12/h3-6,10,15,17H,7-9H2,1-2H3. The predicted octanol–water partition coefficient (Wildman–Crippen LogP) is 1.89. The Morgan fingerprint density at radius 2 is 2.06 bits per heavy atom. The lowest BCUT2D eigenvalue weighted by Gasteiger charge is -2.30. The Morgan fingerprint density at radius 3 is 2.71 bits per heavy atom. The lowest BCUT2D eigenvalue weighted by Crippen LogP contribution is -2.43. The van der Waals surface area contributed by atoms with Crippen LogP contribution in [-0.4, -0.2) is 36.4 Å². The minimum absolute atomic E-state index is 0.361. The molecule has 4 heteroatoms. The van der Waals surface area contributed by atoms with Gasteiger partial charge in [-0.05, 0) is 38.1 Å². The minimum atomic E-state index is -0.704. The molecule has 94 valence electrons. The van der Waals surface area contributed by atoms with Gasteiger partial charge in [0.25, 0.3) is 0 Å². The Balaban J connectivity index is 2.20. The summed E-state index contributed by atoms with van der Waals surface area (Å²) in [4.78, 5) is 2.20. The van der Waals surface area contributed by atoms with Crippen molar-refractivity contribution in [3.8, 4) is 0 Å². The number of anilines is 1. The number of nitrogens with one attached hydrogen (secondary N) is 1. The van der Waals surface area contributed by atoms with Crippen molar-refractivity contribution in [2.45, 2.75) is 25.5 Å². The molecule has 0 aromatic heterocycles. The fourth-order valence-electron chi connectivity index (χ4n) is 2.17. The molecule has 1 aliphatic heterocycles. The fourth-order valence-corrected chi connectivity index (χ4v) is 2.30. The molecule has 2 rings (SSSR count). The maximum atomic E-state index is 10.2. The molecule has 3 nitrogen and oxygen atoms in total. The number of benzene rings is 1. The molecule has 0 bridgehead atoms. The second kappa shape index (κ2) is 4.84. The number of aliphatic hydroxyl groups is 1. The number of β-amino-alcohol motifs (C(OH)–C–C–N with tert-alkyl or cyclic N) is 1. The Hall–Kier alpha value is -0.770. The first-order valence-corrected chi connectivity index (χ1v) is 6.30. The maximum absolute atomic E-state index is 10.2. The molecule has 2 N–H and O–H groups in total. The molecule has 17 heavy (non-hydrogen) atoms. The molecule has 0 radical (unpaired) electrons. The normalized spacial score (nSPS) is 30.1. The summed E-state index contributed by atoms with van der Waals surface area (Å²) in [5.41, 5.74) is 0.398. The van der Waals surface area contributed by atoms with E-state index in [1.165, 1.54) is 0 Å². The van der Waals surface area contributed by atoms with Gasteiger partial charge in [0.2, 0.25) is 0 Å². The van der Waals surface area contributed by atoms with Crippen molar-refractivity contribution in [1.82, 2.24) is 5.32 Å². The Bertz CT molecular complexity index is 378. The third kappa shape index (κ3) is 3.35. The summed E-state index contributed by atoms with van der Waals surface area (Å²) in [5, 5.41) is 14.3. The van der Waals surface area contributed by atoms with Crippen molar-refractivity contribution >= 4 is 17.3 Å². The SMILES string of the molecule is CC1CN(c2ccc(Cl)cc2)CC(C)(O)CN1. The molecule has 1 fully saturated rings. The smallest absolute Gasteiger partial charge is 0.0917 e. The van der Waals surface area contributed by atoms with Gasteiger partial charge >= 0.3 is 0 Å². The van der Waals surface area contributed by atoms with Gasteiger partial charge < -0.3 is 15.3 Å². The highest BCUT2D eigenvalue weighted by molar-refractivity contribution is 6.30. The van der Waals surface area contributed by atoms with Crippen LogP contribution in [0.1, 0.15) is 13.8 Å². The zero-order chi connectivity index (χ0) is 12.5. The van der Waals surface area contributed by atoms with Crippen LogP contribution < -0.4 is 10.2 Å². The van der Waals surface area contributed by atoms with E-state index >= 15 is 0 Å². The zero-order valence-corrected chi connectivity index (χ0v) is 11.0. The van der Waals surface area contributed by atoms with E-state index in [0.29, 0.717) is 19.1 Å². The summed E-state index contributed by atoms with van der Waals surface area (Å²) in [6.45, 7) is 6.13. The van der Waals surface area contributed by atoms with E-state index in [1.54, 1.807) is 0 Å². The quantitative estimate of drug-likeness (QED) is 0.804. The Labute approximate surface area is 107 Å². The molecule has 1 aromatic carbocycles. The average Bonchev–Trinajstić information content (AvgIpc) is 2.39. The van der Waals surface area contributed by atoms with E-state index in [0.717, 1.165) is 17.3 Å². The van der Waals surface area contributed by atoms with Crippen LogP contribution in [0, 0.1) is 0 Å². The first-order valence-electron chi connectivity index (χ1n) is 5.92. The van der Waals surface area contributed by atoms with Gasteiger partial charge in [-0.1, -0.05) is 11.6 Å². The molecule has 2 atom stereocenters. The van der Waals surface area contributed by atoms with Gasteiger partial charge in [-0.3, -0.25) is 0 Å². The highest BCUT2D eigenvalue weighted by Crippen LogP contribution is 2.21. The predicted molar refractivity (Wildman–Crippen MR) is 71.8 cm³/mol. The van der Waals surface area contributed by atoms with Gasteiger partial charge in [-0.15, -0.1) is 0 Å². The van der Waals surface area contributed by atoms with Crippen LogP contribution in [0.4, 0.5) is 5.69 Å². The second-order valence-corrected chi connectivity index (χ2v) is 5.57. The lowest BCUT2D eigenvalue weighted by atomic mass is 10.1. The first-order chi connectivity index (χ1) is 7.96. The largest absolute Gasteiger partial charge is 0.387 e. The van der Waals surface area contributed by atoms with Crippen molar-refractivity contribution in [1.29, 1.82) is 0 Å². The van der Waals surface area contributed by atoms with Gasteiger partial charge in [0.15, 0.2) is 0 Å². The fraction of sp³-hybridized carbons (Fsp3) is 0.538. The summed E-state index contributed by atoms with van der Waals surface area (Å²) in [5.74, 6) is 0.